The molecule has 0 amide bonds. The molecule has 2 rings (SSSR count). The monoisotopic (exact) mass is 299 g/mol. The van der Waals surface area contributed by atoms with Gasteiger partial charge in [0.05, 0.1) is 10.6 Å². The molecule has 0 radical (unpaired) electrons. The summed E-state index contributed by atoms with van der Waals surface area (Å²) in [5.41, 5.74) is -0.336. The lowest BCUT2D eigenvalue weighted by atomic mass is 9.90. The highest BCUT2D eigenvalue weighted by atomic mass is 35.5. The standard InChI is InChI=1S/C14H12Cl2FNO/c1-14(19,8-9-4-2-3-5-18-9)10-6-13(17)12(16)7-11(10)15/h2-7,19H,8H2,1H3. The molecule has 0 aliphatic heterocycles. The number of pyridine rings is 1. The van der Waals surface area contributed by atoms with Gasteiger partial charge in [-0.15, -0.1) is 0 Å². The van der Waals surface area contributed by atoms with Crippen molar-refractivity contribution in [3.63, 3.8) is 0 Å². The van der Waals surface area contributed by atoms with Crippen molar-refractivity contribution in [2.24, 2.45) is 0 Å². The normalized spacial score (nSPS) is 14.2. The van der Waals surface area contributed by atoms with Crippen LogP contribution in [0.4, 0.5) is 4.39 Å². The number of aromatic nitrogens is 1. The zero-order chi connectivity index (χ0) is 14.0. The lowest BCUT2D eigenvalue weighted by molar-refractivity contribution is 0.0564. The van der Waals surface area contributed by atoms with E-state index in [9.17, 15) is 9.50 Å². The van der Waals surface area contributed by atoms with Gasteiger partial charge in [0.2, 0.25) is 0 Å². The molecule has 1 atom stereocenters. The fraction of sp³-hybridized carbons (Fsp3) is 0.214. The summed E-state index contributed by atoms with van der Waals surface area (Å²) < 4.78 is 13.5. The number of rotatable bonds is 3. The predicted molar refractivity (Wildman–Crippen MR) is 73.9 cm³/mol. The zero-order valence-corrected chi connectivity index (χ0v) is 11.7. The summed E-state index contributed by atoms with van der Waals surface area (Å²) in [6.45, 7) is 1.57. The van der Waals surface area contributed by atoms with Crippen LogP contribution in [-0.4, -0.2) is 10.1 Å². The van der Waals surface area contributed by atoms with Crippen LogP contribution >= 0.6 is 23.2 Å². The van der Waals surface area contributed by atoms with Crippen molar-refractivity contribution in [2.45, 2.75) is 18.9 Å². The molecule has 1 aromatic carbocycles. The Hall–Kier alpha value is -1.16. The van der Waals surface area contributed by atoms with E-state index in [4.69, 9.17) is 23.2 Å². The van der Waals surface area contributed by atoms with Gasteiger partial charge in [0.1, 0.15) is 5.82 Å². The van der Waals surface area contributed by atoms with E-state index < -0.39 is 11.4 Å². The van der Waals surface area contributed by atoms with Gasteiger partial charge >= 0.3 is 0 Å². The van der Waals surface area contributed by atoms with Gasteiger partial charge in [-0.3, -0.25) is 4.98 Å². The molecular weight excluding hydrogens is 288 g/mol. The zero-order valence-electron chi connectivity index (χ0n) is 10.2. The van der Waals surface area contributed by atoms with Crippen LogP contribution in [-0.2, 0) is 12.0 Å². The van der Waals surface area contributed by atoms with E-state index in [-0.39, 0.29) is 16.5 Å². The maximum absolute atomic E-state index is 13.5. The predicted octanol–water partition coefficient (Wildman–Crippen LogP) is 3.98. The van der Waals surface area contributed by atoms with E-state index in [0.29, 0.717) is 11.3 Å². The molecule has 0 bridgehead atoms. The SMILES string of the molecule is CC(O)(Cc1ccccn1)c1cc(F)c(Cl)cc1Cl. The fourth-order valence-corrected chi connectivity index (χ4v) is 2.47. The molecule has 19 heavy (non-hydrogen) atoms. The van der Waals surface area contributed by atoms with E-state index >= 15 is 0 Å². The Balaban J connectivity index is 2.37. The lowest BCUT2D eigenvalue weighted by Crippen LogP contribution is -2.25. The third kappa shape index (κ3) is 3.24. The third-order valence-electron chi connectivity index (χ3n) is 2.84. The van der Waals surface area contributed by atoms with Crippen LogP contribution in [0.25, 0.3) is 0 Å². The first-order valence-electron chi connectivity index (χ1n) is 5.67. The molecular formula is C14H12Cl2FNO. The second kappa shape index (κ2) is 5.45. The highest BCUT2D eigenvalue weighted by molar-refractivity contribution is 6.35. The Bertz CT molecular complexity index is 587. The fourth-order valence-electron chi connectivity index (χ4n) is 1.89. The van der Waals surface area contributed by atoms with Gasteiger partial charge in [-0.05, 0) is 31.2 Å². The number of aliphatic hydroxyl groups is 1. The van der Waals surface area contributed by atoms with E-state index in [1.165, 1.54) is 6.07 Å². The van der Waals surface area contributed by atoms with Gasteiger partial charge in [0, 0.05) is 28.9 Å². The van der Waals surface area contributed by atoms with E-state index in [1.807, 2.05) is 6.07 Å². The van der Waals surface area contributed by atoms with Crippen molar-refractivity contribution in [2.75, 3.05) is 0 Å². The Morgan fingerprint density at radius 2 is 2.00 bits per heavy atom. The number of nitrogens with zero attached hydrogens (tertiary/aromatic N) is 1. The van der Waals surface area contributed by atoms with Crippen LogP contribution in [0.1, 0.15) is 18.2 Å². The summed E-state index contributed by atoms with van der Waals surface area (Å²) in [7, 11) is 0. The van der Waals surface area contributed by atoms with Crippen LogP contribution in [0.5, 0.6) is 0 Å². The molecule has 0 saturated carbocycles. The first kappa shape index (κ1) is 14.3. The van der Waals surface area contributed by atoms with Crippen molar-refractivity contribution in [3.05, 3.63) is 63.6 Å². The molecule has 0 fully saturated rings. The van der Waals surface area contributed by atoms with Crippen LogP contribution < -0.4 is 0 Å². The van der Waals surface area contributed by atoms with Gasteiger partial charge in [-0.25, -0.2) is 4.39 Å². The van der Waals surface area contributed by atoms with Crippen molar-refractivity contribution in [1.82, 2.24) is 4.98 Å². The molecule has 5 heteroatoms. The molecule has 100 valence electrons. The molecule has 0 aliphatic carbocycles. The van der Waals surface area contributed by atoms with Gasteiger partial charge in [0.15, 0.2) is 0 Å². The Morgan fingerprint density at radius 3 is 2.63 bits per heavy atom. The quantitative estimate of drug-likeness (QED) is 0.870. The minimum absolute atomic E-state index is 0.0672. The van der Waals surface area contributed by atoms with Gasteiger partial charge in [0.25, 0.3) is 0 Å². The first-order chi connectivity index (χ1) is 8.90. The molecule has 1 heterocycles. The largest absolute Gasteiger partial charge is 0.385 e. The maximum Gasteiger partial charge on any atom is 0.142 e. The average molecular weight is 300 g/mol. The highest BCUT2D eigenvalue weighted by Crippen LogP contribution is 2.33. The summed E-state index contributed by atoms with van der Waals surface area (Å²) in [5.74, 6) is -0.609. The molecule has 2 nitrogen and oxygen atoms in total. The summed E-state index contributed by atoms with van der Waals surface area (Å²) in [6, 6.07) is 7.85. The molecule has 1 unspecified atom stereocenters. The second-order valence-electron chi connectivity index (χ2n) is 4.52. The van der Waals surface area contributed by atoms with Crippen molar-refractivity contribution < 1.29 is 9.50 Å². The van der Waals surface area contributed by atoms with E-state index in [1.54, 1.807) is 25.3 Å². The summed E-state index contributed by atoms with van der Waals surface area (Å²) in [6.07, 6.45) is 1.87. The Morgan fingerprint density at radius 1 is 1.26 bits per heavy atom. The van der Waals surface area contributed by atoms with Crippen LogP contribution in [0.15, 0.2) is 36.5 Å². The number of hydrogen-bond donors (Lipinski definition) is 1. The maximum atomic E-state index is 13.5. The average Bonchev–Trinajstić information content (AvgIpc) is 2.34. The van der Waals surface area contributed by atoms with Gasteiger partial charge < -0.3 is 5.11 Å². The van der Waals surface area contributed by atoms with Gasteiger partial charge in [-0.2, -0.15) is 0 Å². The molecule has 0 saturated heterocycles. The number of halogens is 3. The molecule has 1 aromatic heterocycles. The Labute approximate surface area is 120 Å². The molecule has 0 spiro atoms. The summed E-state index contributed by atoms with van der Waals surface area (Å²) in [4.78, 5) is 4.14. The number of hydrogen-bond acceptors (Lipinski definition) is 2. The van der Waals surface area contributed by atoms with Gasteiger partial charge in [-0.1, -0.05) is 29.3 Å². The highest BCUT2D eigenvalue weighted by Gasteiger charge is 2.28. The second-order valence-corrected chi connectivity index (χ2v) is 5.33. The smallest absolute Gasteiger partial charge is 0.142 e. The summed E-state index contributed by atoms with van der Waals surface area (Å²) >= 11 is 11.7. The molecule has 2 aromatic rings. The van der Waals surface area contributed by atoms with Crippen LogP contribution in [0, 0.1) is 5.82 Å². The van der Waals surface area contributed by atoms with Crippen molar-refractivity contribution >= 4 is 23.2 Å². The van der Waals surface area contributed by atoms with Crippen LogP contribution in [0.3, 0.4) is 0 Å². The summed E-state index contributed by atoms with van der Waals surface area (Å²) in [5, 5.41) is 10.7. The van der Waals surface area contributed by atoms with E-state index in [2.05, 4.69) is 4.98 Å². The third-order valence-corrected chi connectivity index (χ3v) is 3.44. The minimum atomic E-state index is -1.32. The first-order valence-corrected chi connectivity index (χ1v) is 6.43. The van der Waals surface area contributed by atoms with Crippen molar-refractivity contribution in [1.29, 1.82) is 0 Å². The van der Waals surface area contributed by atoms with E-state index in [0.717, 1.165) is 6.07 Å². The number of benzene rings is 1. The lowest BCUT2D eigenvalue weighted by Gasteiger charge is -2.25. The topological polar surface area (TPSA) is 33.1 Å². The van der Waals surface area contributed by atoms with Crippen molar-refractivity contribution in [3.8, 4) is 0 Å². The molecule has 1 N–H and O–H groups in total. The molecule has 0 aliphatic rings. The minimum Gasteiger partial charge on any atom is -0.385 e. The Kier molecular flexibility index (Phi) is 4.09. The van der Waals surface area contributed by atoms with Crippen LogP contribution in [0.2, 0.25) is 10.0 Å².